The summed E-state index contributed by atoms with van der Waals surface area (Å²) in [6.07, 6.45) is 6.65. The molecule has 21 heavy (non-hydrogen) atoms. The fourth-order valence-corrected chi connectivity index (χ4v) is 4.22. The Labute approximate surface area is 129 Å². The SMILES string of the molecule is C[C@@H](NC(=O)C1(N2CCCC2)CCCC1)c1nnc(N)s1. The maximum atomic E-state index is 12.9. The molecule has 1 saturated carbocycles. The van der Waals surface area contributed by atoms with E-state index in [-0.39, 0.29) is 17.5 Å². The van der Waals surface area contributed by atoms with Gasteiger partial charge >= 0.3 is 0 Å². The van der Waals surface area contributed by atoms with Crippen molar-refractivity contribution in [1.82, 2.24) is 20.4 Å². The third kappa shape index (κ3) is 2.76. The molecule has 1 aliphatic heterocycles. The Morgan fingerprint density at radius 1 is 1.29 bits per heavy atom. The number of rotatable bonds is 4. The first-order chi connectivity index (χ1) is 10.1. The number of hydrogen-bond acceptors (Lipinski definition) is 6. The highest BCUT2D eigenvalue weighted by molar-refractivity contribution is 7.15. The van der Waals surface area contributed by atoms with Gasteiger partial charge < -0.3 is 11.1 Å². The van der Waals surface area contributed by atoms with Gasteiger partial charge in [0.05, 0.1) is 6.04 Å². The molecule has 6 nitrogen and oxygen atoms in total. The lowest BCUT2D eigenvalue weighted by atomic mass is 9.93. The zero-order chi connectivity index (χ0) is 14.9. The van der Waals surface area contributed by atoms with Crippen molar-refractivity contribution in [3.63, 3.8) is 0 Å². The monoisotopic (exact) mass is 309 g/mol. The second kappa shape index (κ2) is 5.88. The maximum Gasteiger partial charge on any atom is 0.241 e. The van der Waals surface area contributed by atoms with Crippen molar-refractivity contribution in [1.29, 1.82) is 0 Å². The van der Waals surface area contributed by atoms with Crippen LogP contribution >= 0.6 is 11.3 Å². The van der Waals surface area contributed by atoms with E-state index in [1.807, 2.05) is 6.92 Å². The lowest BCUT2D eigenvalue weighted by Crippen LogP contribution is -2.56. The molecule has 7 heteroatoms. The van der Waals surface area contributed by atoms with Crippen LogP contribution in [0, 0.1) is 0 Å². The van der Waals surface area contributed by atoms with Crippen LogP contribution in [0.5, 0.6) is 0 Å². The van der Waals surface area contributed by atoms with E-state index in [4.69, 9.17) is 5.73 Å². The minimum atomic E-state index is -0.291. The molecule has 0 bridgehead atoms. The number of aromatic nitrogens is 2. The van der Waals surface area contributed by atoms with E-state index in [1.165, 1.54) is 24.2 Å². The van der Waals surface area contributed by atoms with Gasteiger partial charge in [0, 0.05) is 0 Å². The first kappa shape index (κ1) is 14.7. The zero-order valence-electron chi connectivity index (χ0n) is 12.5. The predicted octanol–water partition coefficient (Wildman–Crippen LogP) is 1.71. The molecule has 1 saturated heterocycles. The lowest BCUT2D eigenvalue weighted by Gasteiger charge is -2.37. The molecule has 3 N–H and O–H groups in total. The number of nitrogens with one attached hydrogen (secondary N) is 1. The van der Waals surface area contributed by atoms with Crippen molar-refractivity contribution in [3.05, 3.63) is 5.01 Å². The summed E-state index contributed by atoms with van der Waals surface area (Å²) in [5.74, 6) is 0.156. The van der Waals surface area contributed by atoms with E-state index in [2.05, 4.69) is 20.4 Å². The van der Waals surface area contributed by atoms with Crippen LogP contribution in [0.15, 0.2) is 0 Å². The van der Waals surface area contributed by atoms with Crippen LogP contribution in [0.25, 0.3) is 0 Å². The Kier molecular flexibility index (Phi) is 4.12. The molecular formula is C14H23N5OS. The van der Waals surface area contributed by atoms with Crippen LogP contribution < -0.4 is 11.1 Å². The molecular weight excluding hydrogens is 286 g/mol. The summed E-state index contributed by atoms with van der Waals surface area (Å²) in [5, 5.41) is 12.2. The van der Waals surface area contributed by atoms with Gasteiger partial charge in [0.25, 0.3) is 0 Å². The Morgan fingerprint density at radius 2 is 1.95 bits per heavy atom. The van der Waals surface area contributed by atoms with E-state index < -0.39 is 0 Å². The van der Waals surface area contributed by atoms with Crippen LogP contribution in [0.1, 0.15) is 56.5 Å². The quantitative estimate of drug-likeness (QED) is 0.884. The highest BCUT2D eigenvalue weighted by Crippen LogP contribution is 2.38. The van der Waals surface area contributed by atoms with E-state index in [0.29, 0.717) is 5.13 Å². The van der Waals surface area contributed by atoms with Crippen molar-refractivity contribution in [2.75, 3.05) is 18.8 Å². The van der Waals surface area contributed by atoms with Gasteiger partial charge in [-0.25, -0.2) is 0 Å². The van der Waals surface area contributed by atoms with Crippen molar-refractivity contribution >= 4 is 22.4 Å². The maximum absolute atomic E-state index is 12.9. The normalized spacial score (nSPS) is 23.3. The summed E-state index contributed by atoms with van der Waals surface area (Å²) < 4.78 is 0. The molecule has 1 aromatic rings. The Morgan fingerprint density at radius 3 is 2.52 bits per heavy atom. The number of likely N-dealkylation sites (tertiary alicyclic amines) is 1. The summed E-state index contributed by atoms with van der Waals surface area (Å²) in [6.45, 7) is 4.05. The number of carbonyl (C=O) groups is 1. The number of amides is 1. The highest BCUT2D eigenvalue weighted by Gasteiger charge is 2.47. The largest absolute Gasteiger partial charge is 0.374 e. The van der Waals surface area contributed by atoms with Crippen LogP contribution in [-0.4, -0.2) is 39.6 Å². The minimum absolute atomic E-state index is 0.132. The van der Waals surface area contributed by atoms with Crippen LogP contribution in [0.4, 0.5) is 5.13 Å². The topological polar surface area (TPSA) is 84.1 Å². The Bertz CT molecular complexity index is 505. The molecule has 1 amide bonds. The lowest BCUT2D eigenvalue weighted by molar-refractivity contribution is -0.133. The van der Waals surface area contributed by atoms with E-state index in [9.17, 15) is 4.79 Å². The summed E-state index contributed by atoms with van der Waals surface area (Å²) in [6, 6.07) is -0.132. The standard InChI is InChI=1S/C14H23N5OS/c1-10(11-17-18-13(15)21-11)16-12(20)14(6-2-3-7-14)19-8-4-5-9-19/h10H,2-9H2,1H3,(H2,15,18)(H,16,20)/t10-/m1/s1. The second-order valence-corrected chi connectivity index (χ2v) is 7.15. The van der Waals surface area contributed by atoms with Crippen molar-refractivity contribution < 1.29 is 4.79 Å². The van der Waals surface area contributed by atoms with E-state index >= 15 is 0 Å². The molecule has 116 valence electrons. The molecule has 0 unspecified atom stereocenters. The van der Waals surface area contributed by atoms with E-state index in [0.717, 1.165) is 43.8 Å². The molecule has 2 heterocycles. The van der Waals surface area contributed by atoms with Gasteiger partial charge in [0.15, 0.2) is 0 Å². The fraction of sp³-hybridized carbons (Fsp3) is 0.786. The fourth-order valence-electron chi connectivity index (χ4n) is 3.61. The molecule has 2 aliphatic rings. The smallest absolute Gasteiger partial charge is 0.241 e. The third-order valence-electron chi connectivity index (χ3n) is 4.74. The number of nitrogens with zero attached hydrogens (tertiary/aromatic N) is 3. The molecule has 1 aliphatic carbocycles. The van der Waals surface area contributed by atoms with Crippen molar-refractivity contribution in [3.8, 4) is 0 Å². The van der Waals surface area contributed by atoms with Gasteiger partial charge in [0.2, 0.25) is 11.0 Å². The summed E-state index contributed by atoms with van der Waals surface area (Å²) in [5.41, 5.74) is 5.33. The van der Waals surface area contributed by atoms with Gasteiger partial charge in [-0.15, -0.1) is 10.2 Å². The minimum Gasteiger partial charge on any atom is -0.374 e. The molecule has 0 spiro atoms. The number of nitrogen functional groups attached to an aromatic ring is 1. The molecule has 0 radical (unpaired) electrons. The van der Waals surface area contributed by atoms with E-state index in [1.54, 1.807) is 0 Å². The average Bonchev–Trinajstić information content (AvgIpc) is 3.20. The summed E-state index contributed by atoms with van der Waals surface area (Å²) >= 11 is 1.34. The van der Waals surface area contributed by atoms with Gasteiger partial charge in [-0.05, 0) is 45.7 Å². The number of anilines is 1. The summed E-state index contributed by atoms with van der Waals surface area (Å²) in [7, 11) is 0. The van der Waals surface area contributed by atoms with Crippen LogP contribution in [0.2, 0.25) is 0 Å². The Hall–Kier alpha value is -1.21. The summed E-state index contributed by atoms with van der Waals surface area (Å²) in [4.78, 5) is 15.3. The number of hydrogen-bond donors (Lipinski definition) is 2. The number of carbonyl (C=O) groups excluding carboxylic acids is 1. The highest BCUT2D eigenvalue weighted by atomic mass is 32.1. The predicted molar refractivity (Wildman–Crippen MR) is 82.9 cm³/mol. The average molecular weight is 309 g/mol. The van der Waals surface area contributed by atoms with Gasteiger partial charge in [-0.1, -0.05) is 24.2 Å². The van der Waals surface area contributed by atoms with Crippen LogP contribution in [-0.2, 0) is 4.79 Å². The third-order valence-corrected chi connectivity index (χ3v) is 5.67. The molecule has 1 atom stereocenters. The second-order valence-electron chi connectivity index (χ2n) is 6.11. The van der Waals surface area contributed by atoms with Crippen molar-refractivity contribution in [2.24, 2.45) is 0 Å². The Balaban J connectivity index is 1.72. The number of nitrogens with two attached hydrogens (primary N) is 1. The van der Waals surface area contributed by atoms with Gasteiger partial charge in [-0.3, -0.25) is 9.69 Å². The molecule has 2 fully saturated rings. The first-order valence-electron chi connectivity index (χ1n) is 7.77. The zero-order valence-corrected chi connectivity index (χ0v) is 13.3. The first-order valence-corrected chi connectivity index (χ1v) is 8.58. The molecule has 3 rings (SSSR count). The van der Waals surface area contributed by atoms with Crippen LogP contribution in [0.3, 0.4) is 0 Å². The van der Waals surface area contributed by atoms with Crippen molar-refractivity contribution in [2.45, 2.75) is 57.0 Å². The van der Waals surface area contributed by atoms with Gasteiger partial charge in [0.1, 0.15) is 10.5 Å². The van der Waals surface area contributed by atoms with Gasteiger partial charge in [-0.2, -0.15) is 0 Å². The molecule has 1 aromatic heterocycles. The molecule has 0 aromatic carbocycles.